The molecule has 1 fully saturated rings. The zero-order valence-corrected chi connectivity index (χ0v) is 8.47. The van der Waals surface area contributed by atoms with Gasteiger partial charge < -0.3 is 10.4 Å². The Morgan fingerprint density at radius 1 is 1.46 bits per heavy atom. The number of hydrogen-bond donors (Lipinski definition) is 2. The third-order valence-corrected chi connectivity index (χ3v) is 3.25. The summed E-state index contributed by atoms with van der Waals surface area (Å²) in [6, 6.07) is 0. The van der Waals surface area contributed by atoms with Gasteiger partial charge in [0.2, 0.25) is 0 Å². The molecule has 0 aromatic heterocycles. The van der Waals surface area contributed by atoms with E-state index in [2.05, 4.69) is 12.2 Å². The molecule has 0 saturated heterocycles. The first kappa shape index (κ1) is 10.5. The summed E-state index contributed by atoms with van der Waals surface area (Å²) in [5.74, 6) is -0.0151. The van der Waals surface area contributed by atoms with E-state index in [1.807, 2.05) is 0 Å². The van der Waals surface area contributed by atoms with Crippen molar-refractivity contribution < 1.29 is 9.90 Å². The van der Waals surface area contributed by atoms with E-state index in [1.165, 1.54) is 0 Å². The van der Waals surface area contributed by atoms with Gasteiger partial charge in [0.25, 0.3) is 0 Å². The highest BCUT2D eigenvalue weighted by Crippen LogP contribution is 2.30. The molecule has 1 saturated carbocycles. The van der Waals surface area contributed by atoms with Crippen LogP contribution in [0.3, 0.4) is 0 Å². The third kappa shape index (κ3) is 2.21. The van der Waals surface area contributed by atoms with Gasteiger partial charge in [-0.1, -0.05) is 19.8 Å². The van der Waals surface area contributed by atoms with E-state index in [9.17, 15) is 4.79 Å². The summed E-state index contributed by atoms with van der Waals surface area (Å²) in [4.78, 5) is 11.1. The third-order valence-electron chi connectivity index (χ3n) is 3.25. The molecule has 0 aromatic rings. The predicted octanol–water partition coefficient (Wildman–Crippen LogP) is 1.63. The Kier molecular flexibility index (Phi) is 3.31. The highest BCUT2D eigenvalue weighted by Gasteiger charge is 2.37. The van der Waals surface area contributed by atoms with E-state index in [0.717, 1.165) is 32.1 Å². The fourth-order valence-corrected chi connectivity index (χ4v) is 2.09. The van der Waals surface area contributed by atoms with E-state index >= 15 is 0 Å². The minimum atomic E-state index is -0.691. The fourth-order valence-electron chi connectivity index (χ4n) is 2.09. The lowest BCUT2D eigenvalue weighted by Gasteiger charge is -2.27. The molecule has 3 nitrogen and oxygen atoms in total. The summed E-state index contributed by atoms with van der Waals surface area (Å²) < 4.78 is 0. The number of rotatable bonds is 2. The molecule has 2 unspecified atom stereocenters. The van der Waals surface area contributed by atoms with Gasteiger partial charge in [-0.25, -0.2) is 0 Å². The first-order valence-corrected chi connectivity index (χ1v) is 5.03. The van der Waals surface area contributed by atoms with Gasteiger partial charge in [0.15, 0.2) is 0 Å². The average molecular weight is 185 g/mol. The number of aliphatic carboxylic acids is 1. The number of carboxylic acids is 1. The molecule has 76 valence electrons. The maximum Gasteiger partial charge on any atom is 0.323 e. The van der Waals surface area contributed by atoms with E-state index in [0.29, 0.717) is 5.92 Å². The molecule has 1 rings (SSSR count). The second-order valence-electron chi connectivity index (χ2n) is 4.17. The predicted molar refractivity (Wildman–Crippen MR) is 51.7 cm³/mol. The largest absolute Gasteiger partial charge is 0.480 e. The van der Waals surface area contributed by atoms with Crippen LogP contribution in [0.5, 0.6) is 0 Å². The monoisotopic (exact) mass is 185 g/mol. The van der Waals surface area contributed by atoms with Crippen molar-refractivity contribution in [2.45, 2.75) is 44.6 Å². The number of likely N-dealkylation sites (N-methyl/N-ethyl adjacent to an activating group) is 1. The SMILES string of the molecule is CNC1(C(=O)O)CCCC(C)CC1. The summed E-state index contributed by atoms with van der Waals surface area (Å²) in [7, 11) is 1.75. The van der Waals surface area contributed by atoms with Crippen molar-refractivity contribution in [3.63, 3.8) is 0 Å². The van der Waals surface area contributed by atoms with Crippen molar-refractivity contribution in [3.05, 3.63) is 0 Å². The molecule has 0 heterocycles. The lowest BCUT2D eigenvalue weighted by atomic mass is 9.90. The molecule has 2 N–H and O–H groups in total. The van der Waals surface area contributed by atoms with Crippen LogP contribution in [0.25, 0.3) is 0 Å². The van der Waals surface area contributed by atoms with Gasteiger partial charge in [0.1, 0.15) is 5.54 Å². The average Bonchev–Trinajstić information content (AvgIpc) is 2.28. The molecule has 2 atom stereocenters. The van der Waals surface area contributed by atoms with Gasteiger partial charge in [-0.2, -0.15) is 0 Å². The highest BCUT2D eigenvalue weighted by molar-refractivity contribution is 5.78. The summed E-state index contributed by atoms with van der Waals surface area (Å²) >= 11 is 0. The van der Waals surface area contributed by atoms with Crippen LogP contribution < -0.4 is 5.32 Å². The lowest BCUT2D eigenvalue weighted by molar-refractivity contribution is -0.145. The zero-order valence-electron chi connectivity index (χ0n) is 8.47. The van der Waals surface area contributed by atoms with Crippen LogP contribution in [0.1, 0.15) is 39.0 Å². The highest BCUT2D eigenvalue weighted by atomic mass is 16.4. The van der Waals surface area contributed by atoms with Crippen LogP contribution in [-0.4, -0.2) is 23.7 Å². The van der Waals surface area contributed by atoms with Gasteiger partial charge in [0.05, 0.1) is 0 Å². The summed E-state index contributed by atoms with van der Waals surface area (Å²) in [5, 5.41) is 12.1. The maximum absolute atomic E-state index is 11.1. The smallest absolute Gasteiger partial charge is 0.323 e. The summed E-state index contributed by atoms with van der Waals surface area (Å²) in [6.07, 6.45) is 4.74. The lowest BCUT2D eigenvalue weighted by Crippen LogP contribution is -2.49. The quantitative estimate of drug-likeness (QED) is 0.643. The van der Waals surface area contributed by atoms with Gasteiger partial charge in [0, 0.05) is 0 Å². The van der Waals surface area contributed by atoms with Crippen molar-refractivity contribution in [2.24, 2.45) is 5.92 Å². The standard InChI is InChI=1S/C10H19NO2/c1-8-4-3-6-10(11-2,7-5-8)9(12)13/h8,11H,3-7H2,1-2H3,(H,12,13). The minimum absolute atomic E-state index is 0.648. The molecular weight excluding hydrogens is 166 g/mol. The van der Waals surface area contributed by atoms with Gasteiger partial charge in [-0.15, -0.1) is 0 Å². The van der Waals surface area contributed by atoms with E-state index in [1.54, 1.807) is 7.05 Å². The van der Waals surface area contributed by atoms with E-state index in [4.69, 9.17) is 5.11 Å². The molecule has 0 aromatic carbocycles. The van der Waals surface area contributed by atoms with Crippen LogP contribution >= 0.6 is 0 Å². The Hall–Kier alpha value is -0.570. The molecule has 1 aliphatic rings. The second kappa shape index (κ2) is 4.09. The van der Waals surface area contributed by atoms with Crippen molar-refractivity contribution in [1.82, 2.24) is 5.32 Å². The normalized spacial score (nSPS) is 35.4. The molecule has 0 spiro atoms. The Bertz CT molecular complexity index is 193. The topological polar surface area (TPSA) is 49.3 Å². The summed E-state index contributed by atoms with van der Waals surface area (Å²) in [6.45, 7) is 2.20. The van der Waals surface area contributed by atoms with Crippen molar-refractivity contribution >= 4 is 5.97 Å². The van der Waals surface area contributed by atoms with Crippen molar-refractivity contribution in [2.75, 3.05) is 7.05 Å². The molecule has 1 aliphatic carbocycles. The van der Waals surface area contributed by atoms with Crippen LogP contribution in [0, 0.1) is 5.92 Å². The van der Waals surface area contributed by atoms with Crippen molar-refractivity contribution in [1.29, 1.82) is 0 Å². The Balaban J connectivity index is 2.69. The molecule has 0 radical (unpaired) electrons. The van der Waals surface area contributed by atoms with Crippen LogP contribution in [-0.2, 0) is 4.79 Å². The number of hydrogen-bond acceptors (Lipinski definition) is 2. The molecule has 0 aliphatic heterocycles. The number of carbonyl (C=O) groups is 1. The van der Waals surface area contributed by atoms with E-state index in [-0.39, 0.29) is 0 Å². The van der Waals surface area contributed by atoms with Crippen LogP contribution in [0.2, 0.25) is 0 Å². The maximum atomic E-state index is 11.1. The molecule has 0 amide bonds. The van der Waals surface area contributed by atoms with Crippen molar-refractivity contribution in [3.8, 4) is 0 Å². The Morgan fingerprint density at radius 2 is 2.15 bits per heavy atom. The summed E-state index contributed by atoms with van der Waals surface area (Å²) in [5.41, 5.74) is -0.648. The fraction of sp³-hybridized carbons (Fsp3) is 0.900. The Labute approximate surface area is 79.5 Å². The molecular formula is C10H19NO2. The molecule has 13 heavy (non-hydrogen) atoms. The van der Waals surface area contributed by atoms with E-state index < -0.39 is 11.5 Å². The molecule has 3 heteroatoms. The first-order chi connectivity index (χ1) is 6.10. The van der Waals surface area contributed by atoms with Gasteiger partial charge in [-0.05, 0) is 32.2 Å². The van der Waals surface area contributed by atoms with Gasteiger partial charge >= 0.3 is 5.97 Å². The van der Waals surface area contributed by atoms with Gasteiger partial charge in [-0.3, -0.25) is 4.79 Å². The number of carboxylic acid groups (broad SMARTS) is 1. The number of nitrogens with one attached hydrogen (secondary N) is 1. The Morgan fingerprint density at radius 3 is 2.69 bits per heavy atom. The molecule has 0 bridgehead atoms. The first-order valence-electron chi connectivity index (χ1n) is 5.03. The zero-order chi connectivity index (χ0) is 9.90. The minimum Gasteiger partial charge on any atom is -0.480 e. The second-order valence-corrected chi connectivity index (χ2v) is 4.17. The van der Waals surface area contributed by atoms with Crippen LogP contribution in [0.15, 0.2) is 0 Å². The van der Waals surface area contributed by atoms with Crippen LogP contribution in [0.4, 0.5) is 0 Å².